The fourth-order valence-corrected chi connectivity index (χ4v) is 4.67. The number of likely N-dealkylation sites (tertiary alicyclic amines) is 1. The quantitative estimate of drug-likeness (QED) is 0.893. The molecule has 2 fully saturated rings. The van der Waals surface area contributed by atoms with Gasteiger partial charge in [-0.15, -0.1) is 0 Å². The Morgan fingerprint density at radius 2 is 2.08 bits per heavy atom. The second kappa shape index (κ2) is 7.36. The Morgan fingerprint density at radius 3 is 2.92 bits per heavy atom. The van der Waals surface area contributed by atoms with Crippen LogP contribution in [0.5, 0.6) is 5.75 Å². The largest absolute Gasteiger partial charge is 0.497 e. The molecule has 0 unspecified atom stereocenters. The molecule has 132 valence electrons. The van der Waals surface area contributed by atoms with Crippen molar-refractivity contribution in [2.24, 2.45) is 0 Å². The fraction of sp³-hybridized carbons (Fsp3) is 0.429. The minimum absolute atomic E-state index is 0.500. The molecule has 2 heterocycles. The molecule has 4 heteroatoms. The molecule has 0 saturated carbocycles. The van der Waals surface area contributed by atoms with Crippen LogP contribution in [0.3, 0.4) is 0 Å². The number of methoxy groups -OCH3 is 1. The highest BCUT2D eigenvalue weighted by Crippen LogP contribution is 2.37. The molecule has 2 saturated heterocycles. The topological polar surface area (TPSA) is 24.5 Å². The first-order chi connectivity index (χ1) is 12.2. The molecule has 2 aromatic carbocycles. The average molecular weight is 357 g/mol. The van der Waals surface area contributed by atoms with Gasteiger partial charge < -0.3 is 10.1 Å². The van der Waals surface area contributed by atoms with Crippen molar-refractivity contribution in [2.45, 2.75) is 37.4 Å². The number of piperidine rings is 1. The molecular formula is C21H25ClN2O. The summed E-state index contributed by atoms with van der Waals surface area (Å²) in [6.07, 6.45) is 2.51. The first-order valence-corrected chi connectivity index (χ1v) is 9.48. The average Bonchev–Trinajstić information content (AvgIpc) is 3.01. The second-order valence-electron chi connectivity index (χ2n) is 7.13. The molecule has 0 amide bonds. The van der Waals surface area contributed by atoms with Crippen LogP contribution in [0, 0.1) is 0 Å². The van der Waals surface area contributed by atoms with Crippen LogP contribution in [0.15, 0.2) is 48.5 Å². The third kappa shape index (κ3) is 3.55. The maximum Gasteiger partial charge on any atom is 0.119 e. The Bertz CT molecular complexity index is 735. The van der Waals surface area contributed by atoms with Crippen LogP contribution in [-0.4, -0.2) is 37.2 Å². The van der Waals surface area contributed by atoms with Gasteiger partial charge in [0.15, 0.2) is 0 Å². The molecule has 25 heavy (non-hydrogen) atoms. The van der Waals surface area contributed by atoms with Gasteiger partial charge in [0.2, 0.25) is 0 Å². The number of nitrogens with one attached hydrogen (secondary N) is 1. The summed E-state index contributed by atoms with van der Waals surface area (Å²) >= 11 is 6.18. The summed E-state index contributed by atoms with van der Waals surface area (Å²) in [6.45, 7) is 3.15. The number of rotatable bonds is 4. The van der Waals surface area contributed by atoms with E-state index < -0.39 is 0 Å². The van der Waals surface area contributed by atoms with Crippen LogP contribution in [0.1, 0.15) is 29.9 Å². The number of fused-ring (bicyclic) bond motifs is 1. The van der Waals surface area contributed by atoms with E-state index in [-0.39, 0.29) is 0 Å². The molecule has 4 rings (SSSR count). The van der Waals surface area contributed by atoms with Crippen molar-refractivity contribution in [3.8, 4) is 5.75 Å². The molecule has 0 bridgehead atoms. The lowest BCUT2D eigenvalue weighted by atomic mass is 9.87. The number of halogens is 1. The molecule has 0 spiro atoms. The summed E-state index contributed by atoms with van der Waals surface area (Å²) in [7, 11) is 1.74. The standard InChI is InChI=1S/C21H25ClN2O/c1-25-18-8-3-6-16(12-18)19-14-24(20-9-4-10-23-21(19)20)13-15-5-2-7-17(22)11-15/h2-3,5-8,11-12,19-21,23H,4,9-10,13-14H2,1H3/t19-,20-,21-/m1/s1. The van der Waals surface area contributed by atoms with Gasteiger partial charge in [-0.25, -0.2) is 0 Å². The third-order valence-corrected chi connectivity index (χ3v) is 5.84. The van der Waals surface area contributed by atoms with Crippen LogP contribution in [-0.2, 0) is 6.54 Å². The van der Waals surface area contributed by atoms with E-state index in [1.54, 1.807) is 7.11 Å². The molecule has 1 N–H and O–H groups in total. The molecule has 0 radical (unpaired) electrons. The van der Waals surface area contributed by atoms with Crippen molar-refractivity contribution in [3.63, 3.8) is 0 Å². The Morgan fingerprint density at radius 1 is 1.20 bits per heavy atom. The van der Waals surface area contributed by atoms with Gasteiger partial charge in [-0.1, -0.05) is 35.9 Å². The van der Waals surface area contributed by atoms with Crippen LogP contribution >= 0.6 is 11.6 Å². The molecule has 2 aromatic rings. The maximum absolute atomic E-state index is 6.18. The Labute approximate surface area is 154 Å². The van der Waals surface area contributed by atoms with Gasteiger partial charge in [-0.2, -0.15) is 0 Å². The highest BCUT2D eigenvalue weighted by molar-refractivity contribution is 6.30. The van der Waals surface area contributed by atoms with E-state index in [0.717, 1.165) is 30.4 Å². The van der Waals surface area contributed by atoms with Gasteiger partial charge >= 0.3 is 0 Å². The van der Waals surface area contributed by atoms with Crippen molar-refractivity contribution in [1.82, 2.24) is 10.2 Å². The zero-order valence-electron chi connectivity index (χ0n) is 14.6. The minimum atomic E-state index is 0.500. The summed E-state index contributed by atoms with van der Waals surface area (Å²) in [6, 6.07) is 17.9. The van der Waals surface area contributed by atoms with Gasteiger partial charge in [0.05, 0.1) is 7.11 Å². The van der Waals surface area contributed by atoms with Gasteiger partial charge in [0.1, 0.15) is 5.75 Å². The maximum atomic E-state index is 6.18. The zero-order valence-corrected chi connectivity index (χ0v) is 15.4. The first-order valence-electron chi connectivity index (χ1n) is 9.10. The third-order valence-electron chi connectivity index (χ3n) is 5.60. The predicted molar refractivity (Wildman–Crippen MR) is 102 cm³/mol. The Balaban J connectivity index is 1.59. The summed E-state index contributed by atoms with van der Waals surface area (Å²) in [5, 5.41) is 4.60. The number of hydrogen-bond donors (Lipinski definition) is 1. The van der Waals surface area contributed by atoms with Crippen molar-refractivity contribution in [1.29, 1.82) is 0 Å². The lowest BCUT2D eigenvalue weighted by Gasteiger charge is -2.33. The summed E-state index contributed by atoms with van der Waals surface area (Å²) < 4.78 is 5.44. The number of hydrogen-bond acceptors (Lipinski definition) is 3. The smallest absolute Gasteiger partial charge is 0.119 e. The van der Waals surface area contributed by atoms with Gasteiger partial charge in [-0.05, 0) is 54.8 Å². The molecule has 0 aromatic heterocycles. The zero-order chi connectivity index (χ0) is 17.2. The van der Waals surface area contributed by atoms with E-state index >= 15 is 0 Å². The molecule has 3 atom stereocenters. The SMILES string of the molecule is COc1cccc([C@H]2CN(Cc3cccc(Cl)c3)[C@@H]3CCCN[C@H]23)c1. The van der Waals surface area contributed by atoms with Crippen molar-refractivity contribution in [2.75, 3.05) is 20.2 Å². The van der Waals surface area contributed by atoms with Gasteiger partial charge in [0.25, 0.3) is 0 Å². The summed E-state index contributed by atoms with van der Waals surface area (Å²) in [5.41, 5.74) is 2.67. The van der Waals surface area contributed by atoms with Gasteiger partial charge in [-0.3, -0.25) is 4.90 Å². The van der Waals surface area contributed by atoms with Crippen LogP contribution in [0.25, 0.3) is 0 Å². The summed E-state index contributed by atoms with van der Waals surface area (Å²) in [4.78, 5) is 2.63. The number of nitrogens with zero attached hydrogens (tertiary/aromatic N) is 1. The van der Waals surface area contributed by atoms with Gasteiger partial charge in [0, 0.05) is 36.1 Å². The van der Waals surface area contributed by atoms with E-state index in [1.165, 1.54) is 24.0 Å². The number of ether oxygens (including phenoxy) is 1. The highest BCUT2D eigenvalue weighted by Gasteiger charge is 2.43. The van der Waals surface area contributed by atoms with Crippen molar-refractivity contribution < 1.29 is 4.74 Å². The second-order valence-corrected chi connectivity index (χ2v) is 7.57. The van der Waals surface area contributed by atoms with Crippen LogP contribution < -0.4 is 10.1 Å². The monoisotopic (exact) mass is 356 g/mol. The summed E-state index contributed by atoms with van der Waals surface area (Å²) in [5.74, 6) is 1.44. The van der Waals surface area contributed by atoms with Crippen LogP contribution in [0.2, 0.25) is 5.02 Å². The van der Waals surface area contributed by atoms with Crippen molar-refractivity contribution >= 4 is 11.6 Å². The fourth-order valence-electron chi connectivity index (χ4n) is 4.45. The molecule has 2 aliphatic heterocycles. The lowest BCUT2D eigenvalue weighted by Crippen LogP contribution is -2.48. The number of benzene rings is 2. The van der Waals surface area contributed by atoms with Crippen LogP contribution in [0.4, 0.5) is 0 Å². The lowest BCUT2D eigenvalue weighted by molar-refractivity contribution is 0.194. The van der Waals surface area contributed by atoms with E-state index in [0.29, 0.717) is 18.0 Å². The van der Waals surface area contributed by atoms with E-state index in [1.807, 2.05) is 18.2 Å². The predicted octanol–water partition coefficient (Wildman–Crippen LogP) is 4.07. The minimum Gasteiger partial charge on any atom is -0.497 e. The highest BCUT2D eigenvalue weighted by atomic mass is 35.5. The van der Waals surface area contributed by atoms with E-state index in [9.17, 15) is 0 Å². The van der Waals surface area contributed by atoms with E-state index in [4.69, 9.17) is 16.3 Å². The molecule has 0 aliphatic carbocycles. The van der Waals surface area contributed by atoms with Crippen molar-refractivity contribution in [3.05, 3.63) is 64.7 Å². The normalized spacial score (nSPS) is 26.4. The molecule has 3 nitrogen and oxygen atoms in total. The molecular weight excluding hydrogens is 332 g/mol. The van der Waals surface area contributed by atoms with E-state index in [2.05, 4.69) is 40.5 Å². The first kappa shape index (κ1) is 16.9. The Kier molecular flexibility index (Phi) is 4.98. The Hall–Kier alpha value is -1.55. The molecule has 2 aliphatic rings.